The highest BCUT2D eigenvalue weighted by molar-refractivity contribution is 5.90. The summed E-state index contributed by atoms with van der Waals surface area (Å²) in [4.78, 5) is 8.94. The number of rotatable bonds is 5. The SMILES string of the molecule is Cc1ccc(CNc2nc(Nc3ccc(F)cc3F)nc3ccccc23)cc1. The minimum absolute atomic E-state index is 0.112. The number of nitrogens with one attached hydrogen (secondary N) is 2. The summed E-state index contributed by atoms with van der Waals surface area (Å²) in [6.45, 7) is 2.63. The maximum atomic E-state index is 14.0. The quantitative estimate of drug-likeness (QED) is 0.478. The first-order chi connectivity index (χ1) is 13.6. The molecular formula is C22H18F2N4. The van der Waals surface area contributed by atoms with Crippen LogP contribution in [-0.4, -0.2) is 9.97 Å². The monoisotopic (exact) mass is 376 g/mol. The summed E-state index contributed by atoms with van der Waals surface area (Å²) in [6, 6.07) is 19.1. The largest absolute Gasteiger partial charge is 0.365 e. The lowest BCUT2D eigenvalue weighted by Gasteiger charge is -2.12. The smallest absolute Gasteiger partial charge is 0.229 e. The number of halogens is 2. The average Bonchev–Trinajstić information content (AvgIpc) is 2.69. The number of aromatic nitrogens is 2. The van der Waals surface area contributed by atoms with Gasteiger partial charge >= 0.3 is 0 Å². The molecule has 3 aromatic carbocycles. The molecule has 0 amide bonds. The minimum atomic E-state index is -0.703. The second-order valence-corrected chi connectivity index (χ2v) is 6.50. The van der Waals surface area contributed by atoms with E-state index in [1.54, 1.807) is 0 Å². The molecule has 6 heteroatoms. The molecule has 0 unspecified atom stereocenters. The van der Waals surface area contributed by atoms with Crippen LogP contribution in [0.4, 0.5) is 26.2 Å². The van der Waals surface area contributed by atoms with Crippen LogP contribution in [0.25, 0.3) is 10.9 Å². The van der Waals surface area contributed by atoms with Crippen LogP contribution in [-0.2, 0) is 6.54 Å². The van der Waals surface area contributed by atoms with Crippen molar-refractivity contribution in [2.24, 2.45) is 0 Å². The molecule has 0 bridgehead atoms. The molecule has 0 spiro atoms. The van der Waals surface area contributed by atoms with E-state index in [0.717, 1.165) is 17.0 Å². The van der Waals surface area contributed by atoms with E-state index >= 15 is 0 Å². The van der Waals surface area contributed by atoms with Crippen molar-refractivity contribution >= 4 is 28.4 Å². The van der Waals surface area contributed by atoms with Crippen molar-refractivity contribution in [2.45, 2.75) is 13.5 Å². The fraction of sp³-hybridized carbons (Fsp3) is 0.0909. The van der Waals surface area contributed by atoms with E-state index in [2.05, 4.69) is 44.9 Å². The third-order valence-electron chi connectivity index (χ3n) is 4.36. The van der Waals surface area contributed by atoms with Gasteiger partial charge < -0.3 is 10.6 Å². The number of hydrogen-bond acceptors (Lipinski definition) is 4. The molecule has 28 heavy (non-hydrogen) atoms. The fourth-order valence-electron chi connectivity index (χ4n) is 2.87. The first-order valence-corrected chi connectivity index (χ1v) is 8.87. The third kappa shape index (κ3) is 3.91. The number of fused-ring (bicyclic) bond motifs is 1. The van der Waals surface area contributed by atoms with Crippen molar-refractivity contribution in [1.82, 2.24) is 9.97 Å². The van der Waals surface area contributed by atoms with Crippen LogP contribution < -0.4 is 10.6 Å². The molecular weight excluding hydrogens is 358 g/mol. The number of benzene rings is 3. The maximum Gasteiger partial charge on any atom is 0.229 e. The number of hydrogen-bond donors (Lipinski definition) is 2. The lowest BCUT2D eigenvalue weighted by molar-refractivity contribution is 0.586. The maximum absolute atomic E-state index is 14.0. The standard InChI is InChI=1S/C22H18F2N4/c1-14-6-8-15(9-7-14)13-25-21-17-4-2-3-5-19(17)26-22(28-21)27-20-11-10-16(23)12-18(20)24/h2-12H,13H2,1H3,(H2,25,26,27,28). The van der Waals surface area contributed by atoms with Gasteiger partial charge in [-0.1, -0.05) is 42.0 Å². The Hall–Kier alpha value is -3.54. The van der Waals surface area contributed by atoms with Crippen molar-refractivity contribution in [3.05, 3.63) is 89.5 Å². The van der Waals surface area contributed by atoms with E-state index in [-0.39, 0.29) is 11.6 Å². The summed E-state index contributed by atoms with van der Waals surface area (Å²) in [5.74, 6) is -0.472. The number of nitrogens with zero attached hydrogens (tertiary/aromatic N) is 2. The van der Waals surface area contributed by atoms with E-state index in [1.807, 2.05) is 31.2 Å². The summed E-state index contributed by atoms with van der Waals surface area (Å²) in [7, 11) is 0. The molecule has 0 saturated carbocycles. The number of aryl methyl sites for hydroxylation is 1. The zero-order chi connectivity index (χ0) is 19.5. The van der Waals surface area contributed by atoms with E-state index in [4.69, 9.17) is 0 Å². The molecule has 2 N–H and O–H groups in total. The van der Waals surface area contributed by atoms with Gasteiger partial charge in [0.1, 0.15) is 17.5 Å². The molecule has 4 aromatic rings. The molecule has 140 valence electrons. The Morgan fingerprint density at radius 2 is 1.68 bits per heavy atom. The summed E-state index contributed by atoms with van der Waals surface area (Å²) in [5.41, 5.74) is 3.14. The second kappa shape index (κ2) is 7.60. The van der Waals surface area contributed by atoms with Gasteiger partial charge in [-0.2, -0.15) is 4.98 Å². The van der Waals surface area contributed by atoms with Crippen molar-refractivity contribution < 1.29 is 8.78 Å². The molecule has 1 aromatic heterocycles. The third-order valence-corrected chi connectivity index (χ3v) is 4.36. The zero-order valence-corrected chi connectivity index (χ0v) is 15.2. The van der Waals surface area contributed by atoms with Crippen LogP contribution >= 0.6 is 0 Å². The highest BCUT2D eigenvalue weighted by atomic mass is 19.1. The average molecular weight is 376 g/mol. The van der Waals surface area contributed by atoms with Crippen molar-refractivity contribution in [3.8, 4) is 0 Å². The first-order valence-electron chi connectivity index (χ1n) is 8.87. The zero-order valence-electron chi connectivity index (χ0n) is 15.2. The lowest BCUT2D eigenvalue weighted by atomic mass is 10.1. The van der Waals surface area contributed by atoms with Gasteiger partial charge in [-0.25, -0.2) is 13.8 Å². The van der Waals surface area contributed by atoms with Gasteiger partial charge in [-0.05, 0) is 36.8 Å². The van der Waals surface area contributed by atoms with Crippen molar-refractivity contribution in [2.75, 3.05) is 10.6 Å². The van der Waals surface area contributed by atoms with Crippen molar-refractivity contribution in [1.29, 1.82) is 0 Å². The second-order valence-electron chi connectivity index (χ2n) is 6.50. The molecule has 0 aliphatic carbocycles. The Balaban J connectivity index is 1.65. The van der Waals surface area contributed by atoms with Gasteiger partial charge in [0.25, 0.3) is 0 Å². The van der Waals surface area contributed by atoms with E-state index < -0.39 is 11.6 Å². The van der Waals surface area contributed by atoms with Gasteiger partial charge in [0.15, 0.2) is 0 Å². The van der Waals surface area contributed by atoms with Gasteiger partial charge in [-0.3, -0.25) is 0 Å². The van der Waals surface area contributed by atoms with Crippen molar-refractivity contribution in [3.63, 3.8) is 0 Å². The molecule has 0 radical (unpaired) electrons. The summed E-state index contributed by atoms with van der Waals surface area (Å²) >= 11 is 0. The topological polar surface area (TPSA) is 49.8 Å². The van der Waals surface area contributed by atoms with Gasteiger partial charge in [0.05, 0.1) is 11.2 Å². The van der Waals surface area contributed by atoms with Crippen LogP contribution in [0.3, 0.4) is 0 Å². The Morgan fingerprint density at radius 1 is 0.893 bits per heavy atom. The molecule has 1 heterocycles. The van der Waals surface area contributed by atoms with Crippen LogP contribution in [0.15, 0.2) is 66.7 Å². The fourth-order valence-corrected chi connectivity index (χ4v) is 2.87. The Morgan fingerprint density at radius 3 is 2.46 bits per heavy atom. The Labute approximate surface area is 161 Å². The lowest BCUT2D eigenvalue weighted by Crippen LogP contribution is -2.06. The van der Waals surface area contributed by atoms with E-state index in [1.165, 1.54) is 17.7 Å². The van der Waals surface area contributed by atoms with Gasteiger partial charge in [0, 0.05) is 18.0 Å². The molecule has 4 nitrogen and oxygen atoms in total. The Bertz CT molecular complexity index is 1130. The minimum Gasteiger partial charge on any atom is -0.365 e. The summed E-state index contributed by atoms with van der Waals surface area (Å²) in [5, 5.41) is 7.02. The first kappa shape index (κ1) is 17.9. The van der Waals surface area contributed by atoms with E-state index in [9.17, 15) is 8.78 Å². The van der Waals surface area contributed by atoms with Gasteiger partial charge in [-0.15, -0.1) is 0 Å². The number of anilines is 3. The molecule has 0 aliphatic heterocycles. The highest BCUT2D eigenvalue weighted by Gasteiger charge is 2.10. The van der Waals surface area contributed by atoms with Gasteiger partial charge in [0.2, 0.25) is 5.95 Å². The van der Waals surface area contributed by atoms with Crippen LogP contribution in [0, 0.1) is 18.6 Å². The molecule has 4 rings (SSSR count). The predicted molar refractivity (Wildman–Crippen MR) is 108 cm³/mol. The summed E-state index contributed by atoms with van der Waals surface area (Å²) in [6.07, 6.45) is 0. The highest BCUT2D eigenvalue weighted by Crippen LogP contribution is 2.25. The number of para-hydroxylation sites is 1. The molecule has 0 saturated heterocycles. The Kier molecular flexibility index (Phi) is 4.85. The molecule has 0 fully saturated rings. The van der Waals surface area contributed by atoms with E-state index in [0.29, 0.717) is 17.9 Å². The van der Waals surface area contributed by atoms with Crippen LogP contribution in [0.2, 0.25) is 0 Å². The normalized spacial score (nSPS) is 10.8. The van der Waals surface area contributed by atoms with Crippen LogP contribution in [0.5, 0.6) is 0 Å². The molecule has 0 atom stereocenters. The summed E-state index contributed by atoms with van der Waals surface area (Å²) < 4.78 is 27.1. The predicted octanol–water partition coefficient (Wildman–Crippen LogP) is 5.57. The van der Waals surface area contributed by atoms with Crippen LogP contribution in [0.1, 0.15) is 11.1 Å². The molecule has 0 aliphatic rings.